The summed E-state index contributed by atoms with van der Waals surface area (Å²) in [5.41, 5.74) is 8.65. The third-order valence-corrected chi connectivity index (χ3v) is 5.02. The Morgan fingerprint density at radius 2 is 1.86 bits per heavy atom. The zero-order valence-corrected chi connectivity index (χ0v) is 18.0. The number of nitrogens with one attached hydrogen (secondary N) is 2. The molecule has 0 saturated heterocycles. The number of fused-ring (bicyclic) bond motifs is 1. The lowest BCUT2D eigenvalue weighted by molar-refractivity contribution is 0.507. The van der Waals surface area contributed by atoms with Crippen molar-refractivity contribution in [3.05, 3.63) is 65.7 Å². The maximum absolute atomic E-state index is 5.29. The smallest absolute Gasteiger partial charge is 0.191 e. The van der Waals surface area contributed by atoms with E-state index in [0.29, 0.717) is 11.2 Å². The van der Waals surface area contributed by atoms with E-state index in [2.05, 4.69) is 79.6 Å². The van der Waals surface area contributed by atoms with E-state index in [9.17, 15) is 0 Å². The Bertz CT molecular complexity index is 913. The van der Waals surface area contributed by atoms with E-state index in [1.54, 1.807) is 6.21 Å². The summed E-state index contributed by atoms with van der Waals surface area (Å²) in [4.78, 5) is 2.47. The summed E-state index contributed by atoms with van der Waals surface area (Å²) in [7, 11) is 0. The summed E-state index contributed by atoms with van der Waals surface area (Å²) >= 11 is 5.29. The van der Waals surface area contributed by atoms with Gasteiger partial charge in [-0.1, -0.05) is 30.3 Å². The number of hydrazone groups is 1. The lowest BCUT2D eigenvalue weighted by atomic mass is 9.87. The maximum atomic E-state index is 5.29. The average molecular weight is 393 g/mol. The Balaban J connectivity index is 1.74. The van der Waals surface area contributed by atoms with Crippen LogP contribution in [0.5, 0.6) is 0 Å². The first kappa shape index (κ1) is 20.1. The first-order valence-electron chi connectivity index (χ1n) is 9.56. The second kappa shape index (κ2) is 8.15. The maximum Gasteiger partial charge on any atom is 0.191 e. The van der Waals surface area contributed by atoms with Gasteiger partial charge in [0, 0.05) is 23.0 Å². The Hall–Kier alpha value is -2.66. The number of nitrogens with zero attached hydrogens (tertiary/aromatic N) is 2. The monoisotopic (exact) mass is 392 g/mol. The lowest BCUT2D eigenvalue weighted by Crippen LogP contribution is -2.49. The van der Waals surface area contributed by atoms with Gasteiger partial charge in [0.25, 0.3) is 0 Å². The van der Waals surface area contributed by atoms with Crippen molar-refractivity contribution in [2.24, 2.45) is 5.10 Å². The second-order valence-electron chi connectivity index (χ2n) is 7.91. The normalized spacial score (nSPS) is 15.4. The highest BCUT2D eigenvalue weighted by molar-refractivity contribution is 7.80. The molecule has 0 aromatic heterocycles. The highest BCUT2D eigenvalue weighted by atomic mass is 32.1. The van der Waals surface area contributed by atoms with E-state index in [-0.39, 0.29) is 5.54 Å². The molecule has 2 N–H and O–H groups in total. The van der Waals surface area contributed by atoms with Crippen LogP contribution in [0.3, 0.4) is 0 Å². The molecule has 0 aliphatic carbocycles. The van der Waals surface area contributed by atoms with Crippen LogP contribution in [0.2, 0.25) is 0 Å². The van der Waals surface area contributed by atoms with Crippen LogP contribution in [0, 0.1) is 0 Å². The van der Waals surface area contributed by atoms with Gasteiger partial charge in [-0.3, -0.25) is 5.43 Å². The fourth-order valence-corrected chi connectivity index (χ4v) is 4.11. The Morgan fingerprint density at radius 1 is 1.14 bits per heavy atom. The number of rotatable bonds is 4. The van der Waals surface area contributed by atoms with Crippen molar-refractivity contribution < 1.29 is 0 Å². The Kier molecular flexibility index (Phi) is 5.84. The highest BCUT2D eigenvalue weighted by Crippen LogP contribution is 2.40. The molecule has 0 atom stereocenters. The molecule has 5 heteroatoms. The summed E-state index contributed by atoms with van der Waals surface area (Å²) in [6.07, 6.45) is 4.14. The number of anilines is 2. The zero-order valence-electron chi connectivity index (χ0n) is 17.2. The summed E-state index contributed by atoms with van der Waals surface area (Å²) in [5, 5.41) is 7.85. The molecule has 0 fully saturated rings. The van der Waals surface area contributed by atoms with Crippen molar-refractivity contribution in [3.8, 4) is 0 Å². The minimum atomic E-state index is -0.00227. The average Bonchev–Trinajstić information content (AvgIpc) is 2.62. The van der Waals surface area contributed by atoms with Gasteiger partial charge in [0.1, 0.15) is 0 Å². The summed E-state index contributed by atoms with van der Waals surface area (Å²) in [6.45, 7) is 11.2. The van der Waals surface area contributed by atoms with E-state index in [1.165, 1.54) is 16.8 Å². The number of thiocarbonyl (C=S) groups is 1. The SMILES string of the molecule is CC1=CC(C)(C)N(C(C)C)c2ccc(/C=N\NC(=S)Nc3ccccc3)cc21. The van der Waals surface area contributed by atoms with Gasteiger partial charge in [0.15, 0.2) is 5.11 Å². The lowest BCUT2D eigenvalue weighted by Gasteiger charge is -2.46. The third kappa shape index (κ3) is 4.42. The Morgan fingerprint density at radius 3 is 2.54 bits per heavy atom. The van der Waals surface area contributed by atoms with Crippen molar-refractivity contribution in [2.75, 3.05) is 10.2 Å². The molecule has 1 aliphatic rings. The van der Waals surface area contributed by atoms with Gasteiger partial charge in [-0.25, -0.2) is 0 Å². The van der Waals surface area contributed by atoms with Crippen LogP contribution in [0.4, 0.5) is 11.4 Å². The molecule has 0 bridgehead atoms. The molecule has 0 radical (unpaired) electrons. The van der Waals surface area contributed by atoms with Crippen molar-refractivity contribution in [2.45, 2.75) is 46.2 Å². The van der Waals surface area contributed by atoms with Gasteiger partial charge in [0.05, 0.1) is 11.8 Å². The van der Waals surface area contributed by atoms with Crippen LogP contribution in [0.1, 0.15) is 45.7 Å². The fraction of sp³-hybridized carbons (Fsp3) is 0.304. The molecule has 28 heavy (non-hydrogen) atoms. The molecule has 1 heterocycles. The van der Waals surface area contributed by atoms with E-state index in [0.717, 1.165) is 11.3 Å². The molecule has 0 amide bonds. The van der Waals surface area contributed by atoms with Crippen LogP contribution in [-0.2, 0) is 0 Å². The van der Waals surface area contributed by atoms with Gasteiger partial charge >= 0.3 is 0 Å². The molecule has 4 nitrogen and oxygen atoms in total. The first-order chi connectivity index (χ1) is 13.3. The zero-order chi connectivity index (χ0) is 20.3. The number of hydrogen-bond donors (Lipinski definition) is 2. The molecule has 0 unspecified atom stereocenters. The van der Waals surface area contributed by atoms with Crippen molar-refractivity contribution >= 4 is 40.5 Å². The summed E-state index contributed by atoms with van der Waals surface area (Å²) < 4.78 is 0. The minimum absolute atomic E-state index is 0.00227. The number of hydrogen-bond acceptors (Lipinski definition) is 3. The second-order valence-corrected chi connectivity index (χ2v) is 8.32. The number of allylic oxidation sites excluding steroid dienone is 1. The van der Waals surface area contributed by atoms with Crippen LogP contribution in [-0.4, -0.2) is 22.9 Å². The van der Waals surface area contributed by atoms with E-state index in [4.69, 9.17) is 12.2 Å². The van der Waals surface area contributed by atoms with Crippen molar-refractivity contribution in [1.82, 2.24) is 5.43 Å². The van der Waals surface area contributed by atoms with E-state index in [1.807, 2.05) is 30.3 Å². The van der Waals surface area contributed by atoms with Gasteiger partial charge in [0.2, 0.25) is 0 Å². The molecule has 2 aromatic carbocycles. The molecule has 2 aromatic rings. The van der Waals surface area contributed by atoms with Gasteiger partial charge < -0.3 is 10.2 Å². The predicted molar refractivity (Wildman–Crippen MR) is 125 cm³/mol. The van der Waals surface area contributed by atoms with Crippen LogP contribution >= 0.6 is 12.2 Å². The number of para-hydroxylation sites is 1. The molecule has 146 valence electrons. The first-order valence-corrected chi connectivity index (χ1v) is 9.97. The molecular weight excluding hydrogens is 364 g/mol. The standard InChI is InChI=1S/C23H28N4S/c1-16(2)27-21-12-11-18(13-20(21)17(3)14-23(27,4)5)15-24-26-22(28)25-19-9-7-6-8-10-19/h6-16H,1-5H3,(H2,25,26,28)/b24-15-. The molecule has 3 rings (SSSR count). The van der Waals surface area contributed by atoms with E-state index < -0.39 is 0 Å². The third-order valence-electron chi connectivity index (χ3n) is 4.82. The Labute approximate surface area is 173 Å². The number of benzene rings is 2. The van der Waals surface area contributed by atoms with Crippen LogP contribution in [0.15, 0.2) is 59.7 Å². The van der Waals surface area contributed by atoms with Crippen molar-refractivity contribution in [1.29, 1.82) is 0 Å². The molecule has 0 saturated carbocycles. The summed E-state index contributed by atoms with van der Waals surface area (Å²) in [6, 6.07) is 16.7. The summed E-state index contributed by atoms with van der Waals surface area (Å²) in [5.74, 6) is 0. The molecule has 0 spiro atoms. The largest absolute Gasteiger partial charge is 0.360 e. The van der Waals surface area contributed by atoms with Crippen molar-refractivity contribution in [3.63, 3.8) is 0 Å². The minimum Gasteiger partial charge on any atom is -0.360 e. The van der Waals surface area contributed by atoms with Crippen LogP contribution < -0.4 is 15.6 Å². The predicted octanol–water partition coefficient (Wildman–Crippen LogP) is 5.42. The van der Waals surface area contributed by atoms with Gasteiger partial charge in [-0.2, -0.15) is 5.10 Å². The quantitative estimate of drug-likeness (QED) is 0.414. The topological polar surface area (TPSA) is 39.7 Å². The molecular formula is C23H28N4S. The highest BCUT2D eigenvalue weighted by Gasteiger charge is 2.32. The molecule has 1 aliphatic heterocycles. The van der Waals surface area contributed by atoms with Gasteiger partial charge in [-0.05, 0) is 82.2 Å². The van der Waals surface area contributed by atoms with Gasteiger partial charge in [-0.15, -0.1) is 0 Å². The van der Waals surface area contributed by atoms with Crippen LogP contribution in [0.25, 0.3) is 5.57 Å². The fourth-order valence-electron chi connectivity index (χ4n) is 3.94. The van der Waals surface area contributed by atoms with E-state index >= 15 is 0 Å².